The molecule has 1 N–H and O–H groups in total. The van der Waals surface area contributed by atoms with Crippen molar-refractivity contribution in [2.24, 2.45) is 0 Å². The normalized spacial score (nSPS) is 11.1. The van der Waals surface area contributed by atoms with Crippen LogP contribution in [-0.4, -0.2) is 14.5 Å². The summed E-state index contributed by atoms with van der Waals surface area (Å²) in [4.78, 5) is 19.6. The number of hydrogen-bond acceptors (Lipinski definition) is 4. The number of fused-ring (bicyclic) bond motifs is 1. The molecule has 0 saturated carbocycles. The topological polar surface area (TPSA) is 50.7 Å². The molecule has 2 aromatic heterocycles. The number of H-pyrrole nitrogens is 1. The summed E-state index contributed by atoms with van der Waals surface area (Å²) < 4.78 is 2.50. The summed E-state index contributed by atoms with van der Waals surface area (Å²) in [5, 5.41) is 0.516. The van der Waals surface area contributed by atoms with Gasteiger partial charge in [-0.15, -0.1) is 0 Å². The Labute approximate surface area is 122 Å². The molecule has 96 valence electrons. The van der Waals surface area contributed by atoms with Gasteiger partial charge in [0.05, 0.1) is 10.7 Å². The van der Waals surface area contributed by atoms with Gasteiger partial charge >= 0.3 is 0 Å². The summed E-state index contributed by atoms with van der Waals surface area (Å²) in [5.41, 5.74) is 1.91. The van der Waals surface area contributed by atoms with Crippen LogP contribution in [0.4, 0.5) is 0 Å². The standard InChI is InChI=1S/C12H8ClN3OS2/c1-6-3-2-4-7(13)8(6)16-5-14-10-9(11(16)17)19-12(18)15-10/h2-5H,1H3,(H,15,18). The molecule has 0 unspecified atom stereocenters. The highest BCUT2D eigenvalue weighted by molar-refractivity contribution is 7.73. The van der Waals surface area contributed by atoms with Crippen molar-refractivity contribution in [1.82, 2.24) is 14.5 Å². The first-order valence-electron chi connectivity index (χ1n) is 5.44. The van der Waals surface area contributed by atoms with Crippen molar-refractivity contribution in [3.63, 3.8) is 0 Å². The van der Waals surface area contributed by atoms with Crippen molar-refractivity contribution in [1.29, 1.82) is 0 Å². The van der Waals surface area contributed by atoms with Crippen molar-refractivity contribution >= 4 is 45.5 Å². The van der Waals surface area contributed by atoms with Crippen LogP contribution < -0.4 is 5.56 Å². The highest BCUT2D eigenvalue weighted by Gasteiger charge is 2.12. The van der Waals surface area contributed by atoms with Crippen LogP contribution >= 0.6 is 35.2 Å². The van der Waals surface area contributed by atoms with E-state index in [0.717, 1.165) is 5.56 Å². The van der Waals surface area contributed by atoms with Gasteiger partial charge < -0.3 is 4.98 Å². The second-order valence-electron chi connectivity index (χ2n) is 4.02. The Morgan fingerprint density at radius 2 is 2.26 bits per heavy atom. The summed E-state index contributed by atoms with van der Waals surface area (Å²) in [7, 11) is 0. The zero-order valence-electron chi connectivity index (χ0n) is 9.81. The predicted octanol–water partition coefficient (Wildman–Crippen LogP) is 3.47. The monoisotopic (exact) mass is 309 g/mol. The van der Waals surface area contributed by atoms with Crippen LogP contribution in [0.25, 0.3) is 16.0 Å². The molecular formula is C12H8ClN3OS2. The molecule has 0 radical (unpaired) electrons. The minimum absolute atomic E-state index is 0.168. The molecule has 3 aromatic rings. The Hall–Kier alpha value is -1.50. The molecule has 0 aliphatic carbocycles. The zero-order chi connectivity index (χ0) is 13.6. The van der Waals surface area contributed by atoms with E-state index < -0.39 is 0 Å². The van der Waals surface area contributed by atoms with Gasteiger partial charge in [-0.1, -0.05) is 35.1 Å². The Kier molecular flexibility index (Phi) is 3.00. The molecule has 0 spiro atoms. The molecule has 0 bridgehead atoms. The van der Waals surface area contributed by atoms with Crippen molar-refractivity contribution < 1.29 is 0 Å². The first kappa shape index (κ1) is 12.5. The average Bonchev–Trinajstić information content (AvgIpc) is 2.73. The third-order valence-corrected chi connectivity index (χ3v) is 4.29. The lowest BCUT2D eigenvalue weighted by Gasteiger charge is -2.10. The number of aromatic nitrogens is 3. The third kappa shape index (κ3) is 2.01. The fraction of sp³-hybridized carbons (Fsp3) is 0.0833. The third-order valence-electron chi connectivity index (χ3n) is 2.78. The van der Waals surface area contributed by atoms with E-state index in [4.69, 9.17) is 23.8 Å². The van der Waals surface area contributed by atoms with E-state index in [2.05, 4.69) is 9.97 Å². The maximum atomic E-state index is 12.5. The lowest BCUT2D eigenvalue weighted by molar-refractivity contribution is 0.952. The van der Waals surface area contributed by atoms with Gasteiger partial charge in [-0.05, 0) is 30.8 Å². The first-order valence-corrected chi connectivity index (χ1v) is 7.04. The maximum Gasteiger partial charge on any atom is 0.277 e. The fourth-order valence-electron chi connectivity index (χ4n) is 1.92. The molecule has 7 heteroatoms. The molecule has 19 heavy (non-hydrogen) atoms. The first-order chi connectivity index (χ1) is 9.08. The van der Waals surface area contributed by atoms with Gasteiger partial charge in [-0.25, -0.2) is 4.98 Å². The molecular weight excluding hydrogens is 302 g/mol. The molecule has 0 fully saturated rings. The minimum Gasteiger partial charge on any atom is -0.321 e. The second-order valence-corrected chi connectivity index (χ2v) is 6.11. The highest BCUT2D eigenvalue weighted by Crippen LogP contribution is 2.23. The van der Waals surface area contributed by atoms with E-state index in [1.165, 1.54) is 22.2 Å². The van der Waals surface area contributed by atoms with E-state index in [-0.39, 0.29) is 5.56 Å². The van der Waals surface area contributed by atoms with E-state index in [1.54, 1.807) is 6.07 Å². The second kappa shape index (κ2) is 4.56. The molecule has 0 atom stereocenters. The Balaban J connectivity index is 2.41. The highest BCUT2D eigenvalue weighted by atomic mass is 35.5. The van der Waals surface area contributed by atoms with Crippen LogP contribution in [0.15, 0.2) is 29.3 Å². The number of aromatic amines is 1. The minimum atomic E-state index is -0.168. The summed E-state index contributed by atoms with van der Waals surface area (Å²) in [6, 6.07) is 5.49. The number of benzene rings is 1. The maximum absolute atomic E-state index is 12.5. The molecule has 4 nitrogen and oxygen atoms in total. The predicted molar refractivity (Wildman–Crippen MR) is 80.1 cm³/mol. The SMILES string of the molecule is Cc1cccc(Cl)c1-n1cnc2[nH]c(=S)sc2c1=O. The van der Waals surface area contributed by atoms with Gasteiger partial charge in [0, 0.05) is 0 Å². The largest absolute Gasteiger partial charge is 0.321 e. The molecule has 1 aromatic carbocycles. The number of nitrogens with zero attached hydrogens (tertiary/aromatic N) is 2. The average molecular weight is 310 g/mol. The summed E-state index contributed by atoms with van der Waals surface area (Å²) in [6.07, 6.45) is 1.47. The van der Waals surface area contributed by atoms with Gasteiger partial charge in [-0.2, -0.15) is 0 Å². The number of thiazole rings is 1. The van der Waals surface area contributed by atoms with E-state index in [1.807, 2.05) is 19.1 Å². The number of hydrogen-bond donors (Lipinski definition) is 1. The Bertz CT molecular complexity index is 874. The van der Waals surface area contributed by atoms with Crippen molar-refractivity contribution in [3.8, 4) is 5.69 Å². The Morgan fingerprint density at radius 1 is 1.47 bits per heavy atom. The molecule has 0 saturated heterocycles. The van der Waals surface area contributed by atoms with Crippen LogP contribution in [0.3, 0.4) is 0 Å². The van der Waals surface area contributed by atoms with E-state index in [9.17, 15) is 4.79 Å². The van der Waals surface area contributed by atoms with Crippen molar-refractivity contribution in [2.45, 2.75) is 6.92 Å². The number of rotatable bonds is 1. The molecule has 0 aliphatic rings. The number of nitrogens with one attached hydrogen (secondary N) is 1. The molecule has 2 heterocycles. The smallest absolute Gasteiger partial charge is 0.277 e. The van der Waals surface area contributed by atoms with Gasteiger partial charge in [0.1, 0.15) is 11.0 Å². The number of para-hydroxylation sites is 1. The van der Waals surface area contributed by atoms with Crippen LogP contribution in [-0.2, 0) is 0 Å². The van der Waals surface area contributed by atoms with E-state index in [0.29, 0.717) is 25.0 Å². The van der Waals surface area contributed by atoms with Gasteiger partial charge in [-0.3, -0.25) is 9.36 Å². The van der Waals surface area contributed by atoms with Gasteiger partial charge in [0.15, 0.2) is 9.60 Å². The summed E-state index contributed by atoms with van der Waals surface area (Å²) >= 11 is 12.4. The fourth-order valence-corrected chi connectivity index (χ4v) is 3.30. The molecule has 3 rings (SSSR count). The van der Waals surface area contributed by atoms with Crippen LogP contribution in [0.2, 0.25) is 5.02 Å². The lowest BCUT2D eigenvalue weighted by atomic mass is 10.2. The van der Waals surface area contributed by atoms with Gasteiger partial charge in [0.25, 0.3) is 5.56 Å². The molecule has 0 aliphatic heterocycles. The Morgan fingerprint density at radius 3 is 3.00 bits per heavy atom. The van der Waals surface area contributed by atoms with Crippen LogP contribution in [0.5, 0.6) is 0 Å². The molecule has 0 amide bonds. The summed E-state index contributed by atoms with van der Waals surface area (Å²) in [5.74, 6) is 0. The van der Waals surface area contributed by atoms with Crippen molar-refractivity contribution in [3.05, 3.63) is 49.4 Å². The van der Waals surface area contributed by atoms with Gasteiger partial charge in [0.2, 0.25) is 0 Å². The van der Waals surface area contributed by atoms with Crippen LogP contribution in [0.1, 0.15) is 5.56 Å². The quantitative estimate of drug-likeness (QED) is 0.700. The van der Waals surface area contributed by atoms with E-state index >= 15 is 0 Å². The zero-order valence-corrected chi connectivity index (χ0v) is 12.2. The number of aryl methyl sites for hydroxylation is 1. The lowest BCUT2D eigenvalue weighted by Crippen LogP contribution is -2.19. The van der Waals surface area contributed by atoms with Crippen molar-refractivity contribution in [2.75, 3.05) is 0 Å². The number of halogens is 1. The van der Waals surface area contributed by atoms with Crippen LogP contribution in [0, 0.1) is 10.9 Å². The summed E-state index contributed by atoms with van der Waals surface area (Å²) in [6.45, 7) is 1.90.